The van der Waals surface area contributed by atoms with Gasteiger partial charge in [-0.05, 0) is 32.2 Å². The first kappa shape index (κ1) is 15.7. The summed E-state index contributed by atoms with van der Waals surface area (Å²) in [6, 6.07) is 0.541. The van der Waals surface area contributed by atoms with Crippen LogP contribution in [0.3, 0.4) is 0 Å². The molecule has 2 rings (SSSR count). The summed E-state index contributed by atoms with van der Waals surface area (Å²) in [5.41, 5.74) is 5.27. The lowest BCUT2D eigenvalue weighted by Crippen LogP contribution is -2.60. The molecule has 0 radical (unpaired) electrons. The normalized spacial score (nSPS) is 24.3. The average Bonchev–Trinajstić information content (AvgIpc) is 2.48. The van der Waals surface area contributed by atoms with Gasteiger partial charge in [-0.2, -0.15) is 0 Å². The molecule has 2 heterocycles. The highest BCUT2D eigenvalue weighted by Crippen LogP contribution is 2.31. The number of fused-ring (bicyclic) bond motifs is 1. The molecule has 20 heavy (non-hydrogen) atoms. The highest BCUT2D eigenvalue weighted by atomic mass is 32.1. The maximum atomic E-state index is 12.9. The SMILES string of the molecule is CCC(CC)(C(=O)N1CCN2CCCCC2C1)C(N)=S. The minimum absolute atomic E-state index is 0.153. The number of piperidine rings is 1. The van der Waals surface area contributed by atoms with Gasteiger partial charge in [0.2, 0.25) is 5.91 Å². The highest BCUT2D eigenvalue weighted by molar-refractivity contribution is 7.80. The smallest absolute Gasteiger partial charge is 0.235 e. The Bertz CT molecular complexity index is 381. The third kappa shape index (κ3) is 2.70. The van der Waals surface area contributed by atoms with Gasteiger partial charge in [-0.25, -0.2) is 0 Å². The van der Waals surface area contributed by atoms with E-state index in [0.29, 0.717) is 23.9 Å². The predicted octanol–water partition coefficient (Wildman–Crippen LogP) is 1.78. The van der Waals surface area contributed by atoms with Crippen LogP contribution >= 0.6 is 12.2 Å². The quantitative estimate of drug-likeness (QED) is 0.804. The summed E-state index contributed by atoms with van der Waals surface area (Å²) in [5.74, 6) is 0.153. The molecule has 2 aliphatic rings. The van der Waals surface area contributed by atoms with Crippen LogP contribution in [0.15, 0.2) is 0 Å². The molecule has 2 aliphatic heterocycles. The van der Waals surface area contributed by atoms with E-state index >= 15 is 0 Å². The van der Waals surface area contributed by atoms with E-state index in [1.165, 1.54) is 25.8 Å². The lowest BCUT2D eigenvalue weighted by Gasteiger charge is -2.46. The Labute approximate surface area is 127 Å². The van der Waals surface area contributed by atoms with E-state index in [1.54, 1.807) is 0 Å². The summed E-state index contributed by atoms with van der Waals surface area (Å²) < 4.78 is 0. The minimum atomic E-state index is -0.633. The third-order valence-corrected chi connectivity index (χ3v) is 5.60. The van der Waals surface area contributed by atoms with Crippen LogP contribution in [0.5, 0.6) is 0 Å². The van der Waals surface area contributed by atoms with Gasteiger partial charge in [-0.3, -0.25) is 9.69 Å². The fraction of sp³-hybridized carbons (Fsp3) is 0.867. The van der Waals surface area contributed by atoms with Crippen molar-refractivity contribution < 1.29 is 4.79 Å². The first-order valence-electron chi connectivity index (χ1n) is 7.88. The molecular formula is C15H27N3OS. The van der Waals surface area contributed by atoms with Gasteiger partial charge in [0.05, 0.1) is 10.4 Å². The van der Waals surface area contributed by atoms with E-state index in [-0.39, 0.29) is 5.91 Å². The van der Waals surface area contributed by atoms with Crippen molar-refractivity contribution in [2.24, 2.45) is 11.1 Å². The zero-order valence-electron chi connectivity index (χ0n) is 12.7. The van der Waals surface area contributed by atoms with Gasteiger partial charge < -0.3 is 10.6 Å². The second-order valence-corrected chi connectivity index (χ2v) is 6.53. The molecule has 2 N–H and O–H groups in total. The number of hydrogen-bond donors (Lipinski definition) is 1. The van der Waals surface area contributed by atoms with Crippen LogP contribution in [0.25, 0.3) is 0 Å². The molecule has 0 spiro atoms. The molecule has 1 amide bonds. The van der Waals surface area contributed by atoms with E-state index in [2.05, 4.69) is 4.90 Å². The van der Waals surface area contributed by atoms with Gasteiger partial charge in [-0.15, -0.1) is 0 Å². The molecule has 1 unspecified atom stereocenters. The maximum Gasteiger partial charge on any atom is 0.235 e. The van der Waals surface area contributed by atoms with Gasteiger partial charge >= 0.3 is 0 Å². The number of rotatable bonds is 4. The van der Waals surface area contributed by atoms with Crippen molar-refractivity contribution in [1.82, 2.24) is 9.80 Å². The second kappa shape index (κ2) is 6.39. The molecule has 4 nitrogen and oxygen atoms in total. The number of amides is 1. The number of nitrogens with zero attached hydrogens (tertiary/aromatic N) is 2. The molecule has 0 saturated carbocycles. The summed E-state index contributed by atoms with van der Waals surface area (Å²) >= 11 is 5.21. The first-order valence-corrected chi connectivity index (χ1v) is 8.29. The lowest BCUT2D eigenvalue weighted by atomic mass is 9.80. The van der Waals surface area contributed by atoms with Crippen LogP contribution in [0.2, 0.25) is 0 Å². The number of carbonyl (C=O) groups excluding carboxylic acids is 1. The van der Waals surface area contributed by atoms with Gasteiger partial charge in [-0.1, -0.05) is 32.5 Å². The fourth-order valence-corrected chi connectivity index (χ4v) is 4.03. The summed E-state index contributed by atoms with van der Waals surface area (Å²) in [6.45, 7) is 7.88. The van der Waals surface area contributed by atoms with Gasteiger partial charge in [0.1, 0.15) is 0 Å². The average molecular weight is 297 g/mol. The fourth-order valence-electron chi connectivity index (χ4n) is 3.65. The van der Waals surface area contributed by atoms with Crippen molar-refractivity contribution in [3.8, 4) is 0 Å². The van der Waals surface area contributed by atoms with Crippen molar-refractivity contribution in [2.45, 2.75) is 52.0 Å². The molecule has 0 aromatic heterocycles. The van der Waals surface area contributed by atoms with E-state index in [9.17, 15) is 4.79 Å². The molecular weight excluding hydrogens is 270 g/mol. The summed E-state index contributed by atoms with van der Waals surface area (Å²) in [7, 11) is 0. The van der Waals surface area contributed by atoms with Crippen LogP contribution in [0, 0.1) is 5.41 Å². The number of carbonyl (C=O) groups is 1. The second-order valence-electron chi connectivity index (χ2n) is 6.09. The molecule has 5 heteroatoms. The molecule has 0 aromatic rings. The molecule has 0 aliphatic carbocycles. The van der Waals surface area contributed by atoms with Gasteiger partial charge in [0.25, 0.3) is 0 Å². The monoisotopic (exact) mass is 297 g/mol. The van der Waals surface area contributed by atoms with Crippen molar-refractivity contribution in [1.29, 1.82) is 0 Å². The van der Waals surface area contributed by atoms with Crippen LogP contribution in [0.1, 0.15) is 46.0 Å². The molecule has 2 fully saturated rings. The van der Waals surface area contributed by atoms with Crippen LogP contribution in [-0.2, 0) is 4.79 Å². The summed E-state index contributed by atoms with van der Waals surface area (Å²) in [5, 5.41) is 0. The van der Waals surface area contributed by atoms with E-state index < -0.39 is 5.41 Å². The third-order valence-electron chi connectivity index (χ3n) is 5.21. The van der Waals surface area contributed by atoms with E-state index in [0.717, 1.165) is 19.6 Å². The summed E-state index contributed by atoms with van der Waals surface area (Å²) in [4.78, 5) is 17.8. The van der Waals surface area contributed by atoms with Crippen molar-refractivity contribution in [3.63, 3.8) is 0 Å². The predicted molar refractivity (Wildman–Crippen MR) is 85.6 cm³/mol. The Morgan fingerprint density at radius 2 is 1.95 bits per heavy atom. The standard InChI is InChI=1S/C15H27N3OS/c1-3-15(4-2,13(16)20)14(19)18-10-9-17-8-6-5-7-12(17)11-18/h12H,3-11H2,1-2H3,(H2,16,20). The van der Waals surface area contributed by atoms with E-state index in [4.69, 9.17) is 18.0 Å². The van der Waals surface area contributed by atoms with E-state index in [1.807, 2.05) is 18.7 Å². The number of thiocarbonyl (C=S) groups is 1. The number of nitrogens with two attached hydrogens (primary N) is 1. The Morgan fingerprint density at radius 3 is 2.55 bits per heavy atom. The minimum Gasteiger partial charge on any atom is -0.392 e. The topological polar surface area (TPSA) is 49.6 Å². The van der Waals surface area contributed by atoms with Crippen LogP contribution < -0.4 is 5.73 Å². The summed E-state index contributed by atoms with van der Waals surface area (Å²) in [6.07, 6.45) is 5.18. The first-order chi connectivity index (χ1) is 9.55. The maximum absolute atomic E-state index is 12.9. The number of piperazine rings is 1. The Hall–Kier alpha value is -0.680. The van der Waals surface area contributed by atoms with Crippen molar-refractivity contribution >= 4 is 23.1 Å². The number of hydrogen-bond acceptors (Lipinski definition) is 3. The Kier molecular flexibility index (Phi) is 5.02. The largest absolute Gasteiger partial charge is 0.392 e. The zero-order valence-corrected chi connectivity index (χ0v) is 13.5. The van der Waals surface area contributed by atoms with Crippen LogP contribution in [-0.4, -0.2) is 52.9 Å². The van der Waals surface area contributed by atoms with Gasteiger partial charge in [0, 0.05) is 25.7 Å². The molecule has 0 aromatic carbocycles. The molecule has 1 atom stereocenters. The van der Waals surface area contributed by atoms with Crippen molar-refractivity contribution in [2.75, 3.05) is 26.2 Å². The molecule has 114 valence electrons. The zero-order chi connectivity index (χ0) is 14.8. The molecule has 0 bridgehead atoms. The molecule has 2 saturated heterocycles. The highest BCUT2D eigenvalue weighted by Gasteiger charge is 2.43. The van der Waals surface area contributed by atoms with Crippen molar-refractivity contribution in [3.05, 3.63) is 0 Å². The van der Waals surface area contributed by atoms with Crippen LogP contribution in [0.4, 0.5) is 0 Å². The lowest BCUT2D eigenvalue weighted by molar-refractivity contribution is -0.142. The Balaban J connectivity index is 2.10. The Morgan fingerprint density at radius 1 is 1.25 bits per heavy atom. The van der Waals surface area contributed by atoms with Gasteiger partial charge in [0.15, 0.2) is 0 Å².